The Morgan fingerprint density at radius 2 is 1.81 bits per heavy atom. The van der Waals surface area contributed by atoms with Crippen LogP contribution in [0.25, 0.3) is 5.69 Å². The largest absolute Gasteiger partial charge is 0.366 e. The standard InChI is InChI=1S/C22H26FN5O3/c23-16-1-3-17(4-2-16)28-12-7-18(25-28)15-5-9-26(10-6-15)22(30)27-11-8-20-19(13-27)24-21(29)14-31-20/h1-4,7,12,15,19-20H,5-6,8-11,13-14H2,(H,24,29)/t19-,20+/m1/s1. The number of likely N-dealkylation sites (tertiary alicyclic amines) is 2. The molecule has 31 heavy (non-hydrogen) atoms. The molecule has 1 aromatic heterocycles. The van der Waals surface area contributed by atoms with Crippen molar-refractivity contribution in [3.8, 4) is 5.69 Å². The van der Waals surface area contributed by atoms with E-state index in [1.54, 1.807) is 16.8 Å². The predicted molar refractivity (Wildman–Crippen MR) is 110 cm³/mol. The van der Waals surface area contributed by atoms with Gasteiger partial charge in [-0.1, -0.05) is 0 Å². The van der Waals surface area contributed by atoms with Crippen molar-refractivity contribution >= 4 is 11.9 Å². The van der Waals surface area contributed by atoms with Crippen molar-refractivity contribution < 1.29 is 18.7 Å². The van der Waals surface area contributed by atoms with Gasteiger partial charge in [0.15, 0.2) is 0 Å². The van der Waals surface area contributed by atoms with Crippen LogP contribution < -0.4 is 5.32 Å². The topological polar surface area (TPSA) is 79.7 Å². The van der Waals surface area contributed by atoms with E-state index in [4.69, 9.17) is 4.74 Å². The first-order valence-electron chi connectivity index (χ1n) is 10.8. The van der Waals surface area contributed by atoms with Gasteiger partial charge >= 0.3 is 6.03 Å². The highest BCUT2D eigenvalue weighted by Crippen LogP contribution is 2.28. The number of nitrogens with zero attached hydrogens (tertiary/aromatic N) is 4. The molecule has 0 aliphatic carbocycles. The van der Waals surface area contributed by atoms with Crippen LogP contribution in [0.4, 0.5) is 9.18 Å². The number of benzene rings is 1. The van der Waals surface area contributed by atoms with Crippen molar-refractivity contribution in [1.82, 2.24) is 24.9 Å². The minimum atomic E-state index is -0.268. The fraction of sp³-hybridized carbons (Fsp3) is 0.500. The van der Waals surface area contributed by atoms with E-state index in [9.17, 15) is 14.0 Å². The second-order valence-electron chi connectivity index (χ2n) is 8.46. The fourth-order valence-corrected chi connectivity index (χ4v) is 4.73. The van der Waals surface area contributed by atoms with Gasteiger partial charge in [0.2, 0.25) is 5.91 Å². The number of morpholine rings is 1. The highest BCUT2D eigenvalue weighted by Gasteiger charge is 2.38. The van der Waals surface area contributed by atoms with E-state index in [1.165, 1.54) is 12.1 Å². The first-order chi connectivity index (χ1) is 15.1. The van der Waals surface area contributed by atoms with Crippen LogP contribution in [0.5, 0.6) is 0 Å². The highest BCUT2D eigenvalue weighted by atomic mass is 19.1. The first kappa shape index (κ1) is 20.0. The zero-order valence-electron chi connectivity index (χ0n) is 17.2. The molecule has 1 N–H and O–H groups in total. The average molecular weight is 427 g/mol. The third-order valence-electron chi connectivity index (χ3n) is 6.48. The molecule has 2 atom stereocenters. The second kappa shape index (κ2) is 8.30. The zero-order valence-corrected chi connectivity index (χ0v) is 17.2. The van der Waals surface area contributed by atoms with Gasteiger partial charge in [-0.05, 0) is 49.6 Å². The van der Waals surface area contributed by atoms with E-state index in [2.05, 4.69) is 10.4 Å². The lowest BCUT2D eigenvalue weighted by Gasteiger charge is -2.43. The molecule has 5 rings (SSSR count). The smallest absolute Gasteiger partial charge is 0.320 e. The Balaban J connectivity index is 1.17. The zero-order chi connectivity index (χ0) is 21.4. The number of ether oxygens (including phenoxy) is 1. The number of hydrogen-bond acceptors (Lipinski definition) is 4. The Bertz CT molecular complexity index is 954. The van der Waals surface area contributed by atoms with Crippen LogP contribution >= 0.6 is 0 Å². The summed E-state index contributed by atoms with van der Waals surface area (Å²) in [6.07, 6.45) is 4.35. The van der Waals surface area contributed by atoms with Crippen LogP contribution in [0.1, 0.15) is 30.9 Å². The van der Waals surface area contributed by atoms with E-state index in [0.717, 1.165) is 30.6 Å². The highest BCUT2D eigenvalue weighted by molar-refractivity contribution is 5.79. The van der Waals surface area contributed by atoms with Crippen molar-refractivity contribution in [1.29, 1.82) is 0 Å². The van der Waals surface area contributed by atoms with Crippen molar-refractivity contribution in [3.63, 3.8) is 0 Å². The number of rotatable bonds is 2. The number of carbonyl (C=O) groups excluding carboxylic acids is 2. The lowest BCUT2D eigenvalue weighted by Crippen LogP contribution is -2.62. The minimum Gasteiger partial charge on any atom is -0.366 e. The van der Waals surface area contributed by atoms with E-state index in [-0.39, 0.29) is 36.5 Å². The van der Waals surface area contributed by atoms with Gasteiger partial charge < -0.3 is 19.9 Å². The molecule has 3 fully saturated rings. The number of amides is 3. The lowest BCUT2D eigenvalue weighted by molar-refractivity contribution is -0.139. The molecule has 9 heteroatoms. The van der Waals surface area contributed by atoms with E-state index >= 15 is 0 Å². The predicted octanol–water partition coefficient (Wildman–Crippen LogP) is 1.90. The number of carbonyl (C=O) groups is 2. The van der Waals surface area contributed by atoms with Crippen LogP contribution in [-0.4, -0.2) is 76.5 Å². The maximum Gasteiger partial charge on any atom is 0.320 e. The summed E-state index contributed by atoms with van der Waals surface area (Å²) in [5, 5.41) is 7.62. The van der Waals surface area contributed by atoms with Crippen LogP contribution in [0.2, 0.25) is 0 Å². The van der Waals surface area contributed by atoms with E-state index in [0.29, 0.717) is 32.1 Å². The Hall–Kier alpha value is -2.94. The molecule has 1 aromatic carbocycles. The molecular formula is C22H26FN5O3. The minimum absolute atomic E-state index is 0.00343. The number of fused-ring (bicyclic) bond motifs is 1. The average Bonchev–Trinajstić information content (AvgIpc) is 3.29. The van der Waals surface area contributed by atoms with Crippen molar-refractivity contribution in [2.24, 2.45) is 0 Å². The summed E-state index contributed by atoms with van der Waals surface area (Å²) in [7, 11) is 0. The third-order valence-corrected chi connectivity index (χ3v) is 6.48. The van der Waals surface area contributed by atoms with Crippen molar-refractivity contribution in [2.45, 2.75) is 37.3 Å². The summed E-state index contributed by atoms with van der Waals surface area (Å²) < 4.78 is 20.5. The Kier molecular flexibility index (Phi) is 5.35. The normalized spacial score (nSPS) is 24.6. The molecule has 0 bridgehead atoms. The van der Waals surface area contributed by atoms with E-state index in [1.807, 2.05) is 22.1 Å². The van der Waals surface area contributed by atoms with Crippen LogP contribution in [-0.2, 0) is 9.53 Å². The van der Waals surface area contributed by atoms with Gasteiger partial charge in [-0.2, -0.15) is 5.10 Å². The van der Waals surface area contributed by atoms with Gasteiger partial charge in [-0.15, -0.1) is 0 Å². The molecule has 8 nitrogen and oxygen atoms in total. The molecular weight excluding hydrogens is 401 g/mol. The molecule has 0 radical (unpaired) electrons. The molecule has 3 aliphatic rings. The summed E-state index contributed by atoms with van der Waals surface area (Å²) in [6, 6.07) is 8.18. The number of piperidine rings is 2. The van der Waals surface area contributed by atoms with Gasteiger partial charge in [-0.25, -0.2) is 13.9 Å². The Labute approximate surface area is 179 Å². The summed E-state index contributed by atoms with van der Waals surface area (Å²) >= 11 is 0. The molecule has 4 heterocycles. The quantitative estimate of drug-likeness (QED) is 0.794. The third kappa shape index (κ3) is 4.14. The van der Waals surface area contributed by atoms with Crippen LogP contribution in [0, 0.1) is 5.82 Å². The number of aromatic nitrogens is 2. The maximum atomic E-state index is 13.1. The van der Waals surface area contributed by atoms with Gasteiger partial charge in [0.25, 0.3) is 0 Å². The molecule has 164 valence electrons. The summed E-state index contributed by atoms with van der Waals surface area (Å²) in [6.45, 7) is 2.62. The summed E-state index contributed by atoms with van der Waals surface area (Å²) in [5.41, 5.74) is 1.82. The monoisotopic (exact) mass is 427 g/mol. The molecule has 0 unspecified atom stereocenters. The maximum absolute atomic E-state index is 13.1. The van der Waals surface area contributed by atoms with Crippen molar-refractivity contribution in [3.05, 3.63) is 48.0 Å². The first-order valence-corrected chi connectivity index (χ1v) is 10.8. The molecule has 2 aromatic rings. The second-order valence-corrected chi connectivity index (χ2v) is 8.46. The number of halogens is 1. The van der Waals surface area contributed by atoms with Gasteiger partial charge in [-0.3, -0.25) is 4.79 Å². The molecule has 3 saturated heterocycles. The molecule has 3 amide bonds. The van der Waals surface area contributed by atoms with Crippen LogP contribution in [0.3, 0.4) is 0 Å². The van der Waals surface area contributed by atoms with Gasteiger partial charge in [0.05, 0.1) is 23.5 Å². The van der Waals surface area contributed by atoms with Gasteiger partial charge in [0, 0.05) is 38.3 Å². The Morgan fingerprint density at radius 3 is 2.58 bits per heavy atom. The van der Waals surface area contributed by atoms with Crippen molar-refractivity contribution in [2.75, 3.05) is 32.8 Å². The molecule has 3 aliphatic heterocycles. The number of urea groups is 1. The molecule has 0 spiro atoms. The lowest BCUT2D eigenvalue weighted by atomic mass is 9.94. The molecule has 0 saturated carbocycles. The SMILES string of the molecule is O=C1CO[C@H]2CCN(C(=O)N3CCC(c4ccn(-c5ccc(F)cc5)n4)CC3)C[C@H]2N1. The Morgan fingerprint density at radius 1 is 1.06 bits per heavy atom. The van der Waals surface area contributed by atoms with Crippen LogP contribution in [0.15, 0.2) is 36.5 Å². The summed E-state index contributed by atoms with van der Waals surface area (Å²) in [5.74, 6) is -0.0882. The van der Waals surface area contributed by atoms with Gasteiger partial charge in [0.1, 0.15) is 12.4 Å². The fourth-order valence-electron chi connectivity index (χ4n) is 4.73. The number of nitrogens with one attached hydrogen (secondary N) is 1. The van der Waals surface area contributed by atoms with E-state index < -0.39 is 0 Å². The summed E-state index contributed by atoms with van der Waals surface area (Å²) in [4.78, 5) is 28.4. The number of hydrogen-bond donors (Lipinski definition) is 1.